The van der Waals surface area contributed by atoms with Crippen LogP contribution in [-0.2, 0) is 4.79 Å². The Morgan fingerprint density at radius 2 is 1.97 bits per heavy atom. The maximum absolute atomic E-state index is 11.1. The van der Waals surface area contributed by atoms with Gasteiger partial charge in [-0.3, -0.25) is 0 Å². The van der Waals surface area contributed by atoms with Crippen molar-refractivity contribution < 1.29 is 9.90 Å². The van der Waals surface area contributed by atoms with Crippen molar-refractivity contribution in [3.8, 4) is 16.5 Å². The Bertz CT molecular complexity index is 1230. The fourth-order valence-electron chi connectivity index (χ4n) is 4.92. The molecule has 0 spiro atoms. The smallest absolute Gasteiger partial charge is 0.346 e. The summed E-state index contributed by atoms with van der Waals surface area (Å²) in [6.07, 6.45) is 5.12. The summed E-state index contributed by atoms with van der Waals surface area (Å²) in [5, 5.41) is 18.1. The second kappa shape index (κ2) is 7.72. The molecule has 0 saturated heterocycles. The van der Waals surface area contributed by atoms with Crippen LogP contribution in [0.25, 0.3) is 16.5 Å². The molecule has 2 heterocycles. The van der Waals surface area contributed by atoms with Crippen molar-refractivity contribution in [2.75, 3.05) is 4.90 Å². The van der Waals surface area contributed by atoms with E-state index < -0.39 is 5.97 Å². The maximum atomic E-state index is 11.1. The molecule has 31 heavy (non-hydrogen) atoms. The zero-order chi connectivity index (χ0) is 21.5. The molecule has 2 atom stereocenters. The molecule has 3 aromatic rings. The first-order valence-electron chi connectivity index (χ1n) is 10.5. The Morgan fingerprint density at radius 1 is 1.16 bits per heavy atom. The van der Waals surface area contributed by atoms with Crippen LogP contribution in [0.5, 0.6) is 0 Å². The Labute approximate surface area is 185 Å². The molecule has 1 saturated carbocycles. The van der Waals surface area contributed by atoms with Crippen molar-refractivity contribution in [2.24, 2.45) is 0 Å². The Hall–Kier alpha value is -3.36. The van der Waals surface area contributed by atoms with Gasteiger partial charge in [-0.1, -0.05) is 30.2 Å². The molecule has 1 aliphatic heterocycles. The molecule has 5 heteroatoms. The zero-order valence-corrected chi connectivity index (χ0v) is 18.0. The highest BCUT2D eigenvalue weighted by Gasteiger charge is 2.42. The number of nitriles is 1. The fraction of sp³-hybridized carbons (Fsp3) is 0.231. The van der Waals surface area contributed by atoms with Crippen LogP contribution < -0.4 is 4.90 Å². The monoisotopic (exact) mass is 426 g/mol. The number of hydrogen-bond donors (Lipinski definition) is 1. The van der Waals surface area contributed by atoms with E-state index in [1.165, 1.54) is 59.2 Å². The molecule has 2 aromatic carbocycles. The number of carboxylic acid groups (broad SMARTS) is 1. The molecule has 1 aliphatic carbocycles. The number of hydrogen-bond acceptors (Lipinski definition) is 4. The number of anilines is 2. The second-order valence-corrected chi connectivity index (χ2v) is 9.38. The van der Waals surface area contributed by atoms with Crippen LogP contribution in [0.1, 0.15) is 41.2 Å². The number of aliphatic carboxylic acids is 1. The van der Waals surface area contributed by atoms with Gasteiger partial charge in [-0.25, -0.2) is 4.79 Å². The third-order valence-corrected chi connectivity index (χ3v) is 7.44. The van der Waals surface area contributed by atoms with Crippen LogP contribution in [0, 0.1) is 18.3 Å². The van der Waals surface area contributed by atoms with Crippen LogP contribution in [0.3, 0.4) is 0 Å². The predicted molar refractivity (Wildman–Crippen MR) is 125 cm³/mol. The molecular formula is C26H22N2O2S. The van der Waals surface area contributed by atoms with Gasteiger partial charge in [0.15, 0.2) is 0 Å². The highest BCUT2D eigenvalue weighted by molar-refractivity contribution is 7.16. The van der Waals surface area contributed by atoms with Crippen LogP contribution in [0.2, 0.25) is 0 Å². The standard InChI is InChI=1S/C26H22N2O2S/c1-16-5-8-19(9-6-16)28-23-4-2-3-21(23)22-14-17(7-11-24(22)28)25-12-10-20(31-25)13-18(15-27)26(29)30/h5-14,21,23H,2-4H2,1H3,(H,29,30)/b18-13+. The minimum atomic E-state index is -1.20. The number of thiophene rings is 1. The topological polar surface area (TPSA) is 64.3 Å². The minimum Gasteiger partial charge on any atom is -0.477 e. The molecule has 154 valence electrons. The van der Waals surface area contributed by atoms with Crippen molar-refractivity contribution in [1.82, 2.24) is 0 Å². The second-order valence-electron chi connectivity index (χ2n) is 8.26. The highest BCUT2D eigenvalue weighted by atomic mass is 32.1. The summed E-state index contributed by atoms with van der Waals surface area (Å²) in [6, 6.07) is 21.7. The molecule has 2 aliphatic rings. The average Bonchev–Trinajstić information content (AvgIpc) is 3.48. The minimum absolute atomic E-state index is 0.245. The van der Waals surface area contributed by atoms with E-state index in [1.807, 2.05) is 12.1 Å². The van der Waals surface area contributed by atoms with E-state index >= 15 is 0 Å². The first-order valence-corrected chi connectivity index (χ1v) is 11.3. The predicted octanol–water partition coefficient (Wildman–Crippen LogP) is 6.50. The van der Waals surface area contributed by atoms with E-state index in [0.29, 0.717) is 12.0 Å². The molecule has 1 fully saturated rings. The Balaban J connectivity index is 1.52. The van der Waals surface area contributed by atoms with Gasteiger partial charge < -0.3 is 10.0 Å². The van der Waals surface area contributed by atoms with Gasteiger partial charge >= 0.3 is 5.97 Å². The van der Waals surface area contributed by atoms with Gasteiger partial charge in [0.25, 0.3) is 0 Å². The van der Waals surface area contributed by atoms with Crippen molar-refractivity contribution in [1.29, 1.82) is 5.26 Å². The van der Waals surface area contributed by atoms with Gasteiger partial charge in [-0.05, 0) is 73.4 Å². The van der Waals surface area contributed by atoms with Gasteiger partial charge in [0, 0.05) is 33.1 Å². The molecular weight excluding hydrogens is 404 g/mol. The normalized spacial score (nSPS) is 19.7. The van der Waals surface area contributed by atoms with E-state index in [9.17, 15) is 4.79 Å². The van der Waals surface area contributed by atoms with Gasteiger partial charge in [0.05, 0.1) is 0 Å². The maximum Gasteiger partial charge on any atom is 0.346 e. The van der Waals surface area contributed by atoms with Crippen LogP contribution in [-0.4, -0.2) is 17.1 Å². The van der Waals surface area contributed by atoms with E-state index in [0.717, 1.165) is 15.3 Å². The van der Waals surface area contributed by atoms with E-state index in [1.54, 1.807) is 6.07 Å². The summed E-state index contributed by atoms with van der Waals surface area (Å²) < 4.78 is 0. The van der Waals surface area contributed by atoms with Gasteiger partial charge in [0.2, 0.25) is 0 Å². The summed E-state index contributed by atoms with van der Waals surface area (Å²) in [5.41, 5.74) is 6.14. The molecule has 0 amide bonds. The summed E-state index contributed by atoms with van der Waals surface area (Å²) in [4.78, 5) is 15.5. The number of nitrogens with zero attached hydrogens (tertiary/aromatic N) is 2. The number of aryl methyl sites for hydroxylation is 1. The number of carbonyl (C=O) groups is 1. The number of rotatable bonds is 4. The summed E-state index contributed by atoms with van der Waals surface area (Å²) >= 11 is 1.51. The lowest BCUT2D eigenvalue weighted by Crippen LogP contribution is -2.26. The first-order chi connectivity index (χ1) is 15.0. The van der Waals surface area contributed by atoms with Crippen LogP contribution in [0.4, 0.5) is 11.4 Å². The van der Waals surface area contributed by atoms with Crippen molar-refractivity contribution in [2.45, 2.75) is 38.1 Å². The van der Waals surface area contributed by atoms with Gasteiger partial charge in [0.1, 0.15) is 11.6 Å². The van der Waals surface area contributed by atoms with Crippen LogP contribution in [0.15, 0.2) is 60.2 Å². The lowest BCUT2D eigenvalue weighted by molar-refractivity contribution is -0.132. The number of carboxylic acids is 1. The average molecular weight is 427 g/mol. The lowest BCUT2D eigenvalue weighted by Gasteiger charge is -2.27. The summed E-state index contributed by atoms with van der Waals surface area (Å²) in [7, 11) is 0. The van der Waals surface area contributed by atoms with Crippen molar-refractivity contribution >= 4 is 34.8 Å². The largest absolute Gasteiger partial charge is 0.477 e. The van der Waals surface area contributed by atoms with Crippen LogP contribution >= 0.6 is 11.3 Å². The summed E-state index contributed by atoms with van der Waals surface area (Å²) in [5.74, 6) is -0.647. The highest BCUT2D eigenvalue weighted by Crippen LogP contribution is 2.53. The van der Waals surface area contributed by atoms with E-state index in [2.05, 4.69) is 54.3 Å². The molecule has 5 rings (SSSR count). The van der Waals surface area contributed by atoms with E-state index in [-0.39, 0.29) is 5.57 Å². The Morgan fingerprint density at radius 3 is 2.71 bits per heavy atom. The zero-order valence-electron chi connectivity index (χ0n) is 17.2. The number of benzene rings is 2. The first kappa shape index (κ1) is 19.6. The van der Waals surface area contributed by atoms with E-state index in [4.69, 9.17) is 10.4 Å². The Kier molecular flexibility index (Phi) is 4.88. The third kappa shape index (κ3) is 3.43. The SMILES string of the molecule is Cc1ccc(N2c3ccc(-c4ccc(/C=C(\C#N)C(=O)O)s4)cc3C3CCCC32)cc1. The molecule has 0 bridgehead atoms. The number of fused-ring (bicyclic) bond motifs is 3. The fourth-order valence-corrected chi connectivity index (χ4v) is 5.87. The molecule has 1 aromatic heterocycles. The summed E-state index contributed by atoms with van der Waals surface area (Å²) in [6.45, 7) is 2.12. The molecule has 1 N–H and O–H groups in total. The van der Waals surface area contributed by atoms with Gasteiger partial charge in [-0.15, -0.1) is 11.3 Å². The third-order valence-electron chi connectivity index (χ3n) is 6.36. The molecule has 0 radical (unpaired) electrons. The molecule has 2 unspecified atom stereocenters. The van der Waals surface area contributed by atoms with Crippen molar-refractivity contribution in [3.63, 3.8) is 0 Å². The lowest BCUT2D eigenvalue weighted by atomic mass is 9.95. The van der Waals surface area contributed by atoms with Gasteiger partial charge in [-0.2, -0.15) is 5.26 Å². The quantitative estimate of drug-likeness (QED) is 0.382. The van der Waals surface area contributed by atoms with Crippen molar-refractivity contribution in [3.05, 3.63) is 76.2 Å². The molecule has 4 nitrogen and oxygen atoms in total.